The third kappa shape index (κ3) is 4.34. The molecule has 1 aromatic heterocycles. The van der Waals surface area contributed by atoms with Gasteiger partial charge in [-0.3, -0.25) is 4.68 Å². The second-order valence-corrected chi connectivity index (χ2v) is 5.24. The molecule has 2 aromatic rings. The minimum Gasteiger partial charge on any atom is -0.387 e. The number of aromatic nitrogens is 2. The molecule has 114 valence electrons. The van der Waals surface area contributed by atoms with Crippen molar-refractivity contribution in [3.8, 4) is 0 Å². The lowest BCUT2D eigenvalue weighted by molar-refractivity contribution is 0.168. The molecule has 2 rings (SSSR count). The molecule has 2 N–H and O–H groups in total. The number of halogens is 2. The first-order valence-electron chi connectivity index (χ1n) is 6.81. The number of benzene rings is 1. The van der Waals surface area contributed by atoms with Crippen LogP contribution in [0.15, 0.2) is 30.6 Å². The average Bonchev–Trinajstić information content (AvgIpc) is 2.84. The number of aryl methyl sites for hydroxylation is 1. The summed E-state index contributed by atoms with van der Waals surface area (Å²) in [6.45, 7) is 4.86. The van der Waals surface area contributed by atoms with Gasteiger partial charge in [0.1, 0.15) is 0 Å². The molecule has 0 spiro atoms. The van der Waals surface area contributed by atoms with Crippen LogP contribution in [-0.2, 0) is 6.54 Å². The smallest absolute Gasteiger partial charge is 0.159 e. The third-order valence-electron chi connectivity index (χ3n) is 3.21. The summed E-state index contributed by atoms with van der Waals surface area (Å²) < 4.78 is 27.8. The van der Waals surface area contributed by atoms with Crippen LogP contribution < -0.4 is 5.32 Å². The van der Waals surface area contributed by atoms with E-state index in [0.29, 0.717) is 12.1 Å². The topological polar surface area (TPSA) is 50.1 Å². The van der Waals surface area contributed by atoms with E-state index in [0.717, 1.165) is 17.7 Å². The van der Waals surface area contributed by atoms with Crippen LogP contribution in [0.5, 0.6) is 0 Å². The molecule has 0 aliphatic heterocycles. The zero-order valence-corrected chi connectivity index (χ0v) is 12.1. The Kier molecular flexibility index (Phi) is 5.03. The van der Waals surface area contributed by atoms with E-state index in [1.54, 1.807) is 6.20 Å². The summed E-state index contributed by atoms with van der Waals surface area (Å²) >= 11 is 0. The molecule has 0 saturated carbocycles. The van der Waals surface area contributed by atoms with Gasteiger partial charge in [0.15, 0.2) is 11.6 Å². The van der Waals surface area contributed by atoms with E-state index >= 15 is 0 Å². The number of nitrogens with one attached hydrogen (secondary N) is 1. The minimum atomic E-state index is -0.952. The Bertz CT molecular complexity index is 600. The van der Waals surface area contributed by atoms with Gasteiger partial charge in [-0.15, -0.1) is 0 Å². The van der Waals surface area contributed by atoms with Gasteiger partial charge in [0, 0.05) is 18.8 Å². The first-order chi connectivity index (χ1) is 9.95. The van der Waals surface area contributed by atoms with Crippen LogP contribution in [0.3, 0.4) is 0 Å². The molecule has 0 aliphatic rings. The van der Waals surface area contributed by atoms with Crippen molar-refractivity contribution in [2.45, 2.75) is 32.5 Å². The Balaban J connectivity index is 1.85. The Hall–Kier alpha value is -1.79. The Labute approximate surface area is 122 Å². The van der Waals surface area contributed by atoms with Gasteiger partial charge >= 0.3 is 0 Å². The molecule has 4 nitrogen and oxygen atoms in total. The van der Waals surface area contributed by atoms with E-state index in [1.807, 2.05) is 24.7 Å². The molecule has 0 saturated heterocycles. The number of aliphatic hydroxyl groups is 1. The summed E-state index contributed by atoms with van der Waals surface area (Å²) in [7, 11) is 0. The van der Waals surface area contributed by atoms with Crippen molar-refractivity contribution in [3.05, 3.63) is 53.4 Å². The van der Waals surface area contributed by atoms with Crippen LogP contribution in [-0.4, -0.2) is 27.5 Å². The number of hydrogen-bond acceptors (Lipinski definition) is 3. The molecule has 0 aliphatic carbocycles. The number of aliphatic hydroxyl groups excluding tert-OH is 1. The van der Waals surface area contributed by atoms with Crippen LogP contribution in [0.4, 0.5) is 8.78 Å². The number of hydrogen-bond donors (Lipinski definition) is 2. The highest BCUT2D eigenvalue weighted by molar-refractivity contribution is 5.20. The van der Waals surface area contributed by atoms with Crippen molar-refractivity contribution in [2.24, 2.45) is 0 Å². The largest absolute Gasteiger partial charge is 0.387 e. The van der Waals surface area contributed by atoms with Gasteiger partial charge in [-0.25, -0.2) is 8.78 Å². The average molecular weight is 295 g/mol. The van der Waals surface area contributed by atoms with Gasteiger partial charge in [-0.05, 0) is 37.1 Å². The van der Waals surface area contributed by atoms with Crippen LogP contribution >= 0.6 is 0 Å². The molecule has 0 unspecified atom stereocenters. The number of nitrogens with zero attached hydrogens (tertiary/aromatic N) is 2. The predicted molar refractivity (Wildman–Crippen MR) is 75.7 cm³/mol. The highest BCUT2D eigenvalue weighted by atomic mass is 19.2. The zero-order valence-electron chi connectivity index (χ0n) is 12.1. The lowest BCUT2D eigenvalue weighted by atomic mass is 10.1. The maximum Gasteiger partial charge on any atom is 0.159 e. The summed E-state index contributed by atoms with van der Waals surface area (Å²) in [4.78, 5) is 0. The summed E-state index contributed by atoms with van der Waals surface area (Å²) in [5.41, 5.74) is 1.44. The molecule has 1 aromatic carbocycles. The van der Waals surface area contributed by atoms with E-state index in [2.05, 4.69) is 10.4 Å². The van der Waals surface area contributed by atoms with Crippen molar-refractivity contribution >= 4 is 0 Å². The number of rotatable bonds is 6. The SMILES string of the molecule is Cc1cnn(C[C@H](C)NC[C@@H](O)c2ccc(F)c(F)c2)c1. The Morgan fingerprint density at radius 2 is 2.10 bits per heavy atom. The summed E-state index contributed by atoms with van der Waals surface area (Å²) in [6, 6.07) is 3.50. The molecule has 0 amide bonds. The molecule has 2 atom stereocenters. The Morgan fingerprint density at radius 1 is 1.33 bits per heavy atom. The first-order valence-corrected chi connectivity index (χ1v) is 6.81. The first kappa shape index (κ1) is 15.6. The molecule has 1 heterocycles. The van der Waals surface area contributed by atoms with Gasteiger partial charge in [-0.2, -0.15) is 5.10 Å². The van der Waals surface area contributed by atoms with Crippen molar-refractivity contribution in [2.75, 3.05) is 6.54 Å². The van der Waals surface area contributed by atoms with Crippen LogP contribution in [0.25, 0.3) is 0 Å². The van der Waals surface area contributed by atoms with E-state index < -0.39 is 17.7 Å². The van der Waals surface area contributed by atoms with Gasteiger partial charge in [0.25, 0.3) is 0 Å². The fourth-order valence-corrected chi connectivity index (χ4v) is 2.06. The molecule has 0 radical (unpaired) electrons. The molecular formula is C15H19F2N3O. The highest BCUT2D eigenvalue weighted by Crippen LogP contribution is 2.15. The van der Waals surface area contributed by atoms with E-state index in [9.17, 15) is 13.9 Å². The minimum absolute atomic E-state index is 0.0873. The zero-order chi connectivity index (χ0) is 15.4. The van der Waals surface area contributed by atoms with Crippen molar-refractivity contribution in [3.63, 3.8) is 0 Å². The maximum atomic E-state index is 13.1. The van der Waals surface area contributed by atoms with Crippen LogP contribution in [0.1, 0.15) is 24.2 Å². The van der Waals surface area contributed by atoms with Crippen molar-refractivity contribution < 1.29 is 13.9 Å². The monoisotopic (exact) mass is 295 g/mol. The van der Waals surface area contributed by atoms with Gasteiger partial charge in [0.05, 0.1) is 18.8 Å². The van der Waals surface area contributed by atoms with E-state index in [4.69, 9.17) is 0 Å². The van der Waals surface area contributed by atoms with E-state index in [1.165, 1.54) is 6.07 Å². The normalized spacial score (nSPS) is 14.1. The molecule has 0 fully saturated rings. The predicted octanol–water partition coefficient (Wildman–Crippen LogP) is 2.18. The van der Waals surface area contributed by atoms with Gasteiger partial charge in [0.2, 0.25) is 0 Å². The van der Waals surface area contributed by atoms with Gasteiger partial charge < -0.3 is 10.4 Å². The maximum absolute atomic E-state index is 13.1. The van der Waals surface area contributed by atoms with Crippen LogP contribution in [0, 0.1) is 18.6 Å². The standard InChI is InChI=1S/C15H19F2N3O/c1-10-6-19-20(8-10)9-11(2)18-7-15(21)12-3-4-13(16)14(17)5-12/h3-6,8,11,15,18,21H,7,9H2,1-2H3/t11-,15+/m0/s1. The third-order valence-corrected chi connectivity index (χ3v) is 3.21. The van der Waals surface area contributed by atoms with Crippen molar-refractivity contribution in [1.29, 1.82) is 0 Å². The second-order valence-electron chi connectivity index (χ2n) is 5.24. The fraction of sp³-hybridized carbons (Fsp3) is 0.400. The fourth-order valence-electron chi connectivity index (χ4n) is 2.06. The van der Waals surface area contributed by atoms with Crippen LogP contribution in [0.2, 0.25) is 0 Å². The lowest BCUT2D eigenvalue weighted by Gasteiger charge is -2.17. The summed E-state index contributed by atoms with van der Waals surface area (Å²) in [5.74, 6) is -1.87. The molecule has 21 heavy (non-hydrogen) atoms. The summed E-state index contributed by atoms with van der Waals surface area (Å²) in [6.07, 6.45) is 2.83. The second kappa shape index (κ2) is 6.78. The summed E-state index contributed by atoms with van der Waals surface area (Å²) in [5, 5.41) is 17.3. The van der Waals surface area contributed by atoms with Crippen molar-refractivity contribution in [1.82, 2.24) is 15.1 Å². The highest BCUT2D eigenvalue weighted by Gasteiger charge is 2.12. The van der Waals surface area contributed by atoms with E-state index in [-0.39, 0.29) is 12.6 Å². The molecule has 6 heteroatoms. The molecule has 0 bridgehead atoms. The lowest BCUT2D eigenvalue weighted by Crippen LogP contribution is -2.34. The van der Waals surface area contributed by atoms with Gasteiger partial charge in [-0.1, -0.05) is 6.07 Å². The Morgan fingerprint density at radius 3 is 2.71 bits per heavy atom. The quantitative estimate of drug-likeness (QED) is 0.859. The molecular weight excluding hydrogens is 276 g/mol.